The quantitative estimate of drug-likeness (QED) is 0.734. The van der Waals surface area contributed by atoms with Crippen LogP contribution in [0.3, 0.4) is 0 Å². The maximum absolute atomic E-state index is 5.32. The van der Waals surface area contributed by atoms with Crippen LogP contribution in [-0.2, 0) is 12.8 Å². The van der Waals surface area contributed by atoms with E-state index in [-0.39, 0.29) is 12.4 Å². The fourth-order valence-electron chi connectivity index (χ4n) is 2.30. The molecule has 7 nitrogen and oxygen atoms in total. The van der Waals surface area contributed by atoms with E-state index in [0.29, 0.717) is 24.2 Å². The van der Waals surface area contributed by atoms with Crippen molar-refractivity contribution in [3.8, 4) is 5.69 Å². The van der Waals surface area contributed by atoms with Gasteiger partial charge < -0.3 is 9.84 Å². The van der Waals surface area contributed by atoms with Crippen molar-refractivity contribution in [3.63, 3.8) is 0 Å². The van der Waals surface area contributed by atoms with Crippen molar-refractivity contribution in [1.82, 2.24) is 30.5 Å². The van der Waals surface area contributed by atoms with Gasteiger partial charge in [0.2, 0.25) is 5.89 Å². The van der Waals surface area contributed by atoms with Crippen molar-refractivity contribution in [3.05, 3.63) is 53.4 Å². The summed E-state index contributed by atoms with van der Waals surface area (Å²) in [5.74, 6) is 1.27. The largest absolute Gasteiger partial charge is 0.339 e. The zero-order valence-corrected chi connectivity index (χ0v) is 14.7. The summed E-state index contributed by atoms with van der Waals surface area (Å²) in [4.78, 5) is 4.42. The van der Waals surface area contributed by atoms with E-state index in [9.17, 15) is 0 Å². The van der Waals surface area contributed by atoms with E-state index >= 15 is 0 Å². The Hall–Kier alpha value is -2.25. The summed E-state index contributed by atoms with van der Waals surface area (Å²) >= 11 is 0. The second-order valence-corrected chi connectivity index (χ2v) is 5.54. The molecule has 8 heteroatoms. The number of aromatic nitrogens is 5. The van der Waals surface area contributed by atoms with Crippen LogP contribution in [-0.4, -0.2) is 38.2 Å². The number of rotatable bonds is 6. The molecule has 3 rings (SSSR count). The van der Waals surface area contributed by atoms with Gasteiger partial charge in [-0.3, -0.25) is 0 Å². The highest BCUT2D eigenvalue weighted by atomic mass is 35.5. The van der Waals surface area contributed by atoms with Gasteiger partial charge in [-0.15, -0.1) is 17.5 Å². The predicted octanol–water partition coefficient (Wildman–Crippen LogP) is 2.12. The minimum atomic E-state index is 0. The third-order valence-electron chi connectivity index (χ3n) is 3.80. The van der Waals surface area contributed by atoms with E-state index in [0.717, 1.165) is 23.5 Å². The van der Waals surface area contributed by atoms with Crippen molar-refractivity contribution in [1.29, 1.82) is 0 Å². The summed E-state index contributed by atoms with van der Waals surface area (Å²) in [6.07, 6.45) is 1.22. The lowest BCUT2D eigenvalue weighted by Crippen LogP contribution is -2.24. The molecular formula is C16H21ClN6O. The van der Waals surface area contributed by atoms with Crippen LogP contribution in [0, 0.1) is 6.92 Å². The molecule has 2 aromatic heterocycles. The molecule has 0 aliphatic heterocycles. The maximum atomic E-state index is 5.32. The Bertz CT molecular complexity index is 770. The van der Waals surface area contributed by atoms with Crippen LogP contribution in [0.25, 0.3) is 5.69 Å². The number of benzene rings is 1. The topological polar surface area (TPSA) is 81.7 Å². The van der Waals surface area contributed by atoms with E-state index in [1.807, 2.05) is 49.0 Å². The Morgan fingerprint density at radius 3 is 2.71 bits per heavy atom. The molecule has 0 aliphatic carbocycles. The molecule has 1 N–H and O–H groups in total. The third-order valence-corrected chi connectivity index (χ3v) is 3.80. The summed E-state index contributed by atoms with van der Waals surface area (Å²) in [6.45, 7) is 4.06. The molecule has 0 fully saturated rings. The SMILES string of the molecule is CNC(C)Cc1noc(Cc2nnn(-c3ccccc3)c2C)n1.Cl. The highest BCUT2D eigenvalue weighted by Gasteiger charge is 2.15. The van der Waals surface area contributed by atoms with Crippen molar-refractivity contribution in [2.45, 2.75) is 32.7 Å². The van der Waals surface area contributed by atoms with Crippen LogP contribution in [0.15, 0.2) is 34.9 Å². The van der Waals surface area contributed by atoms with Crippen molar-refractivity contribution in [2.75, 3.05) is 7.05 Å². The smallest absolute Gasteiger partial charge is 0.232 e. The second-order valence-electron chi connectivity index (χ2n) is 5.54. The minimum absolute atomic E-state index is 0. The molecular weight excluding hydrogens is 328 g/mol. The number of para-hydroxylation sites is 1. The van der Waals surface area contributed by atoms with Gasteiger partial charge in [-0.05, 0) is 33.0 Å². The molecule has 0 spiro atoms. The van der Waals surface area contributed by atoms with Crippen molar-refractivity contribution < 1.29 is 4.52 Å². The first kappa shape index (κ1) is 18.1. The van der Waals surface area contributed by atoms with E-state index in [1.54, 1.807) is 0 Å². The zero-order chi connectivity index (χ0) is 16.2. The number of hydrogen-bond acceptors (Lipinski definition) is 6. The first-order chi connectivity index (χ1) is 11.2. The van der Waals surface area contributed by atoms with E-state index in [4.69, 9.17) is 4.52 Å². The molecule has 0 radical (unpaired) electrons. The number of likely N-dealkylation sites (N-methyl/N-ethyl adjacent to an activating group) is 1. The van der Waals surface area contributed by atoms with Gasteiger partial charge in [-0.2, -0.15) is 4.98 Å². The molecule has 0 amide bonds. The Labute approximate surface area is 146 Å². The molecule has 2 heterocycles. The van der Waals surface area contributed by atoms with Crippen molar-refractivity contribution >= 4 is 12.4 Å². The Balaban J connectivity index is 0.00000208. The summed E-state index contributed by atoms with van der Waals surface area (Å²) in [6, 6.07) is 10.2. The lowest BCUT2D eigenvalue weighted by atomic mass is 10.2. The summed E-state index contributed by atoms with van der Waals surface area (Å²) in [5.41, 5.74) is 2.79. The van der Waals surface area contributed by atoms with Gasteiger partial charge in [0.25, 0.3) is 0 Å². The van der Waals surface area contributed by atoms with Crippen LogP contribution in [0.2, 0.25) is 0 Å². The van der Waals surface area contributed by atoms with Crippen LogP contribution in [0.4, 0.5) is 0 Å². The van der Waals surface area contributed by atoms with E-state index in [2.05, 4.69) is 32.7 Å². The Morgan fingerprint density at radius 2 is 2.00 bits per heavy atom. The van der Waals surface area contributed by atoms with Crippen LogP contribution in [0.5, 0.6) is 0 Å². The standard InChI is InChI=1S/C16H20N6O.ClH/c1-11(17-3)9-15-18-16(23-20-15)10-14-12(2)22(21-19-14)13-7-5-4-6-8-13;/h4-8,11,17H,9-10H2,1-3H3;1H. The van der Waals surface area contributed by atoms with E-state index in [1.165, 1.54) is 0 Å². The lowest BCUT2D eigenvalue weighted by Gasteiger charge is -2.04. The van der Waals surface area contributed by atoms with E-state index < -0.39 is 0 Å². The molecule has 3 aromatic rings. The molecule has 0 aliphatic rings. The molecule has 128 valence electrons. The fraction of sp³-hybridized carbons (Fsp3) is 0.375. The average molecular weight is 349 g/mol. The third kappa shape index (κ3) is 3.98. The highest BCUT2D eigenvalue weighted by Crippen LogP contribution is 2.14. The van der Waals surface area contributed by atoms with Crippen LogP contribution < -0.4 is 5.32 Å². The lowest BCUT2D eigenvalue weighted by molar-refractivity contribution is 0.376. The summed E-state index contributed by atoms with van der Waals surface area (Å²) < 4.78 is 7.13. The van der Waals surface area contributed by atoms with Gasteiger partial charge in [-0.1, -0.05) is 28.6 Å². The molecule has 1 unspecified atom stereocenters. The van der Waals surface area contributed by atoms with Crippen LogP contribution in [0.1, 0.15) is 30.0 Å². The monoisotopic (exact) mass is 348 g/mol. The molecule has 24 heavy (non-hydrogen) atoms. The normalized spacial score (nSPS) is 12.0. The Morgan fingerprint density at radius 1 is 1.25 bits per heavy atom. The summed E-state index contributed by atoms with van der Waals surface area (Å²) in [7, 11) is 1.91. The molecule has 0 saturated carbocycles. The zero-order valence-electron chi connectivity index (χ0n) is 13.9. The van der Waals surface area contributed by atoms with Gasteiger partial charge in [0.1, 0.15) is 0 Å². The van der Waals surface area contributed by atoms with Gasteiger partial charge in [-0.25, -0.2) is 4.68 Å². The minimum Gasteiger partial charge on any atom is -0.339 e. The molecule has 0 saturated heterocycles. The first-order valence-electron chi connectivity index (χ1n) is 7.62. The number of hydrogen-bond donors (Lipinski definition) is 1. The average Bonchev–Trinajstić information content (AvgIpc) is 3.16. The molecule has 0 bridgehead atoms. The number of nitrogens with one attached hydrogen (secondary N) is 1. The highest BCUT2D eigenvalue weighted by molar-refractivity contribution is 5.85. The first-order valence-corrected chi connectivity index (χ1v) is 7.62. The van der Waals surface area contributed by atoms with Crippen LogP contribution >= 0.6 is 12.4 Å². The fourth-order valence-corrected chi connectivity index (χ4v) is 2.30. The molecule has 1 aromatic carbocycles. The Kier molecular flexibility index (Phi) is 6.05. The summed E-state index contributed by atoms with van der Waals surface area (Å²) in [5, 5.41) is 15.6. The maximum Gasteiger partial charge on any atom is 0.232 e. The predicted molar refractivity (Wildman–Crippen MR) is 92.7 cm³/mol. The van der Waals surface area contributed by atoms with Gasteiger partial charge in [0.05, 0.1) is 23.5 Å². The van der Waals surface area contributed by atoms with Gasteiger partial charge in [0, 0.05) is 12.5 Å². The molecule has 1 atom stereocenters. The van der Waals surface area contributed by atoms with Gasteiger partial charge >= 0.3 is 0 Å². The number of nitrogens with zero attached hydrogens (tertiary/aromatic N) is 5. The van der Waals surface area contributed by atoms with Crippen molar-refractivity contribution in [2.24, 2.45) is 0 Å². The second kappa shape index (κ2) is 8.03. The van der Waals surface area contributed by atoms with Gasteiger partial charge in [0.15, 0.2) is 5.82 Å². The number of halogens is 1.